The van der Waals surface area contributed by atoms with Crippen molar-refractivity contribution in [2.45, 2.75) is 0 Å². The molecule has 3 aromatic rings. The Kier molecular flexibility index (Phi) is 1.53. The minimum atomic E-state index is 0.706. The Hall–Kier alpha value is -2.30. The summed E-state index contributed by atoms with van der Waals surface area (Å²) >= 11 is 0. The van der Waals surface area contributed by atoms with Crippen LogP contribution in [0.2, 0.25) is 0 Å². The van der Waals surface area contributed by atoms with Crippen LogP contribution < -0.4 is 5.73 Å². The highest BCUT2D eigenvalue weighted by atomic mass is 16.5. The van der Waals surface area contributed by atoms with Crippen molar-refractivity contribution in [2.75, 3.05) is 5.73 Å². The number of benzene rings is 1. The van der Waals surface area contributed by atoms with Gasteiger partial charge in [-0.15, -0.1) is 0 Å². The molecule has 74 valence electrons. The van der Waals surface area contributed by atoms with E-state index in [1.165, 1.54) is 6.26 Å². The molecule has 15 heavy (non-hydrogen) atoms. The van der Waals surface area contributed by atoms with Gasteiger partial charge >= 0.3 is 0 Å². The van der Waals surface area contributed by atoms with Crippen LogP contribution in [0.4, 0.5) is 5.69 Å². The third-order valence-corrected chi connectivity index (χ3v) is 2.27. The fraction of sp³-hybridized carbons (Fsp3) is 0. The van der Waals surface area contributed by atoms with Gasteiger partial charge < -0.3 is 10.3 Å². The molecule has 0 aliphatic heterocycles. The number of rotatable bonds is 1. The Morgan fingerprint density at radius 1 is 1.27 bits per heavy atom. The largest absolute Gasteiger partial charge is 0.399 e. The second-order valence-electron chi connectivity index (χ2n) is 3.26. The fourth-order valence-electron chi connectivity index (χ4n) is 1.57. The van der Waals surface area contributed by atoms with Crippen molar-refractivity contribution in [2.24, 2.45) is 0 Å². The third kappa shape index (κ3) is 1.17. The summed E-state index contributed by atoms with van der Waals surface area (Å²) < 4.78 is 4.78. The van der Waals surface area contributed by atoms with E-state index < -0.39 is 0 Å². The molecule has 0 aliphatic rings. The summed E-state index contributed by atoms with van der Waals surface area (Å²) in [5, 5.41) is 11.9. The van der Waals surface area contributed by atoms with Gasteiger partial charge in [-0.2, -0.15) is 5.10 Å². The number of nitrogens with one attached hydrogen (secondary N) is 1. The van der Waals surface area contributed by atoms with Crippen LogP contribution in [0, 0.1) is 0 Å². The lowest BCUT2D eigenvalue weighted by Gasteiger charge is -1.93. The molecule has 5 heteroatoms. The highest BCUT2D eigenvalue weighted by Gasteiger charge is 2.10. The normalized spacial score (nSPS) is 10.9. The van der Waals surface area contributed by atoms with Gasteiger partial charge in [-0.05, 0) is 18.2 Å². The summed E-state index contributed by atoms with van der Waals surface area (Å²) in [7, 11) is 0. The van der Waals surface area contributed by atoms with Crippen LogP contribution in [0.25, 0.3) is 22.3 Å². The van der Waals surface area contributed by atoms with Crippen LogP contribution in [-0.2, 0) is 0 Å². The summed E-state index contributed by atoms with van der Waals surface area (Å²) in [5.74, 6) is 0. The molecule has 2 heterocycles. The van der Waals surface area contributed by atoms with Gasteiger partial charge in [-0.3, -0.25) is 5.10 Å². The number of hydrogen-bond acceptors (Lipinski definition) is 4. The van der Waals surface area contributed by atoms with Crippen LogP contribution in [0.1, 0.15) is 0 Å². The monoisotopic (exact) mass is 200 g/mol. The molecule has 0 aliphatic carbocycles. The SMILES string of the molecule is Nc1ccc2c(-c3ccon3)n[nH]c2c1. The number of anilines is 1. The average Bonchev–Trinajstić information content (AvgIpc) is 2.82. The van der Waals surface area contributed by atoms with E-state index >= 15 is 0 Å². The number of nitrogen functional groups attached to an aromatic ring is 1. The van der Waals surface area contributed by atoms with E-state index in [2.05, 4.69) is 15.4 Å². The molecule has 3 N–H and O–H groups in total. The maximum absolute atomic E-state index is 5.67. The number of aromatic amines is 1. The minimum Gasteiger partial charge on any atom is -0.399 e. The summed E-state index contributed by atoms with van der Waals surface area (Å²) in [5.41, 5.74) is 8.76. The van der Waals surface area contributed by atoms with Gasteiger partial charge in [0.25, 0.3) is 0 Å². The van der Waals surface area contributed by atoms with Crippen molar-refractivity contribution in [1.29, 1.82) is 0 Å². The van der Waals surface area contributed by atoms with E-state index in [0.29, 0.717) is 11.4 Å². The van der Waals surface area contributed by atoms with Crippen LogP contribution in [0.5, 0.6) is 0 Å². The predicted molar refractivity (Wildman–Crippen MR) is 56.0 cm³/mol. The molecule has 2 aromatic heterocycles. The lowest BCUT2D eigenvalue weighted by atomic mass is 10.1. The molecule has 0 fully saturated rings. The molecule has 1 aromatic carbocycles. The van der Waals surface area contributed by atoms with Gasteiger partial charge in [0.1, 0.15) is 17.7 Å². The molecular weight excluding hydrogens is 192 g/mol. The first-order valence-electron chi connectivity index (χ1n) is 4.49. The van der Waals surface area contributed by atoms with E-state index in [9.17, 15) is 0 Å². The summed E-state index contributed by atoms with van der Waals surface area (Å²) in [6.45, 7) is 0. The molecule has 0 unspecified atom stereocenters. The molecule has 0 radical (unpaired) electrons. The third-order valence-electron chi connectivity index (χ3n) is 2.27. The lowest BCUT2D eigenvalue weighted by molar-refractivity contribution is 0.422. The van der Waals surface area contributed by atoms with Gasteiger partial charge in [-0.25, -0.2) is 0 Å². The second kappa shape index (κ2) is 2.84. The first kappa shape index (κ1) is 8.05. The molecule has 3 rings (SSSR count). The zero-order chi connectivity index (χ0) is 10.3. The summed E-state index contributed by atoms with van der Waals surface area (Å²) in [4.78, 5) is 0. The number of fused-ring (bicyclic) bond motifs is 1. The van der Waals surface area contributed by atoms with E-state index in [-0.39, 0.29) is 0 Å². The van der Waals surface area contributed by atoms with E-state index in [1.807, 2.05) is 18.2 Å². The molecule has 5 nitrogen and oxygen atoms in total. The van der Waals surface area contributed by atoms with E-state index in [0.717, 1.165) is 16.6 Å². The Morgan fingerprint density at radius 3 is 3.00 bits per heavy atom. The van der Waals surface area contributed by atoms with Gasteiger partial charge in [0, 0.05) is 17.1 Å². The smallest absolute Gasteiger partial charge is 0.134 e. The van der Waals surface area contributed by atoms with Gasteiger partial charge in [0.2, 0.25) is 0 Å². The number of H-pyrrole nitrogens is 1. The molecule has 0 saturated carbocycles. The molecule has 0 amide bonds. The lowest BCUT2D eigenvalue weighted by Crippen LogP contribution is -1.82. The second-order valence-corrected chi connectivity index (χ2v) is 3.26. The van der Waals surface area contributed by atoms with Crippen LogP contribution >= 0.6 is 0 Å². The standard InChI is InChI=1S/C10H8N4O/c11-6-1-2-7-9(5-6)12-13-10(7)8-3-4-15-14-8/h1-5H,11H2,(H,12,13). The molecule has 0 spiro atoms. The molecule has 0 bridgehead atoms. The maximum Gasteiger partial charge on any atom is 0.134 e. The van der Waals surface area contributed by atoms with E-state index in [1.54, 1.807) is 6.07 Å². The number of hydrogen-bond donors (Lipinski definition) is 2. The topological polar surface area (TPSA) is 80.7 Å². The number of nitrogens with zero attached hydrogens (tertiary/aromatic N) is 2. The summed E-state index contributed by atoms with van der Waals surface area (Å²) in [6, 6.07) is 7.36. The fourth-order valence-corrected chi connectivity index (χ4v) is 1.57. The predicted octanol–water partition coefficient (Wildman–Crippen LogP) is 1.80. The first-order valence-corrected chi connectivity index (χ1v) is 4.49. The number of nitrogens with two attached hydrogens (primary N) is 1. The van der Waals surface area contributed by atoms with Crippen LogP contribution in [0.3, 0.4) is 0 Å². The van der Waals surface area contributed by atoms with Crippen molar-refractivity contribution in [3.8, 4) is 11.4 Å². The van der Waals surface area contributed by atoms with Gasteiger partial charge in [0.05, 0.1) is 5.52 Å². The Morgan fingerprint density at radius 2 is 2.20 bits per heavy atom. The number of aromatic nitrogens is 3. The maximum atomic E-state index is 5.67. The Bertz CT molecular complexity index is 597. The van der Waals surface area contributed by atoms with Crippen molar-refractivity contribution < 1.29 is 4.52 Å². The highest BCUT2D eigenvalue weighted by Crippen LogP contribution is 2.25. The van der Waals surface area contributed by atoms with E-state index in [4.69, 9.17) is 10.3 Å². The Labute approximate surface area is 84.9 Å². The summed E-state index contributed by atoms with van der Waals surface area (Å²) in [6.07, 6.45) is 1.52. The molecule has 0 atom stereocenters. The van der Waals surface area contributed by atoms with Crippen molar-refractivity contribution in [3.05, 3.63) is 30.5 Å². The highest BCUT2D eigenvalue weighted by molar-refractivity contribution is 5.93. The molecule has 0 saturated heterocycles. The Balaban J connectivity index is 2.29. The van der Waals surface area contributed by atoms with Crippen molar-refractivity contribution >= 4 is 16.6 Å². The minimum absolute atomic E-state index is 0.706. The van der Waals surface area contributed by atoms with Crippen molar-refractivity contribution in [3.63, 3.8) is 0 Å². The van der Waals surface area contributed by atoms with Crippen molar-refractivity contribution in [1.82, 2.24) is 15.4 Å². The van der Waals surface area contributed by atoms with Crippen LogP contribution in [0.15, 0.2) is 35.1 Å². The first-order chi connectivity index (χ1) is 7.34. The van der Waals surface area contributed by atoms with Gasteiger partial charge in [-0.1, -0.05) is 5.16 Å². The quantitative estimate of drug-likeness (QED) is 0.587. The zero-order valence-electron chi connectivity index (χ0n) is 7.77. The van der Waals surface area contributed by atoms with Gasteiger partial charge in [0.15, 0.2) is 0 Å². The van der Waals surface area contributed by atoms with Crippen LogP contribution in [-0.4, -0.2) is 15.4 Å². The average molecular weight is 200 g/mol. The zero-order valence-corrected chi connectivity index (χ0v) is 7.77. The molecular formula is C10H8N4O.